The lowest BCUT2D eigenvalue weighted by Crippen LogP contribution is -2.12. The second-order valence-electron chi connectivity index (χ2n) is 4.63. The first-order valence-corrected chi connectivity index (χ1v) is 8.26. The van der Waals surface area contributed by atoms with E-state index in [1.54, 1.807) is 11.8 Å². The van der Waals surface area contributed by atoms with E-state index in [1.165, 1.54) is 0 Å². The molecule has 0 saturated heterocycles. The van der Waals surface area contributed by atoms with Gasteiger partial charge in [0, 0.05) is 33.9 Å². The molecule has 21 heavy (non-hydrogen) atoms. The van der Waals surface area contributed by atoms with Gasteiger partial charge in [-0.2, -0.15) is 5.10 Å². The van der Waals surface area contributed by atoms with Gasteiger partial charge in [0.1, 0.15) is 0 Å². The topological polar surface area (TPSA) is 57.8 Å². The zero-order valence-corrected chi connectivity index (χ0v) is 13.4. The van der Waals surface area contributed by atoms with E-state index in [-0.39, 0.29) is 5.91 Å². The molecule has 0 aliphatic rings. The molecule has 2 aromatic rings. The molecule has 2 rings (SSSR count). The number of hydrogen-bond acceptors (Lipinski definition) is 3. The molecule has 0 atom stereocenters. The number of amides is 1. The minimum atomic E-state index is -0.0222. The van der Waals surface area contributed by atoms with E-state index in [0.717, 1.165) is 34.2 Å². The number of carbonyl (C=O) groups is 1. The molecule has 0 aliphatic heterocycles. The van der Waals surface area contributed by atoms with E-state index in [2.05, 4.69) is 22.4 Å². The molecular formula is C15H18ClN3OS. The molecule has 0 bridgehead atoms. The van der Waals surface area contributed by atoms with Crippen molar-refractivity contribution in [3.8, 4) is 0 Å². The summed E-state index contributed by atoms with van der Waals surface area (Å²) in [5.41, 5.74) is 1.04. The number of carbonyl (C=O) groups excluding carboxylic acids is 1. The Balaban J connectivity index is 1.72. The molecule has 0 saturated carbocycles. The molecule has 4 nitrogen and oxygen atoms in total. The number of halogens is 1. The summed E-state index contributed by atoms with van der Waals surface area (Å²) in [6.45, 7) is 2.10. The summed E-state index contributed by atoms with van der Waals surface area (Å²) in [5, 5.41) is 10.5. The Bertz CT molecular complexity index is 583. The fourth-order valence-electron chi connectivity index (χ4n) is 1.82. The van der Waals surface area contributed by atoms with Crippen molar-refractivity contribution < 1.29 is 4.79 Å². The highest BCUT2D eigenvalue weighted by Crippen LogP contribution is 2.21. The minimum absolute atomic E-state index is 0.0222. The number of aryl methyl sites for hydroxylation is 1. The quantitative estimate of drug-likeness (QED) is 0.753. The Morgan fingerprint density at radius 3 is 2.86 bits per heavy atom. The van der Waals surface area contributed by atoms with Gasteiger partial charge in [0.05, 0.1) is 0 Å². The predicted molar refractivity (Wildman–Crippen MR) is 88.0 cm³/mol. The molecule has 6 heteroatoms. The third-order valence-corrected chi connectivity index (χ3v) is 4.09. The van der Waals surface area contributed by atoms with E-state index < -0.39 is 0 Å². The molecule has 0 fully saturated rings. The second-order valence-corrected chi connectivity index (χ2v) is 6.23. The molecule has 0 spiro atoms. The van der Waals surface area contributed by atoms with E-state index in [9.17, 15) is 4.79 Å². The Labute approximate surface area is 133 Å². The van der Waals surface area contributed by atoms with E-state index >= 15 is 0 Å². The molecule has 1 aromatic heterocycles. The number of hydrogen-bond donors (Lipinski definition) is 2. The zero-order valence-electron chi connectivity index (χ0n) is 11.9. The van der Waals surface area contributed by atoms with Crippen LogP contribution < -0.4 is 5.32 Å². The van der Waals surface area contributed by atoms with Crippen molar-refractivity contribution in [3.05, 3.63) is 41.0 Å². The van der Waals surface area contributed by atoms with Crippen LogP contribution in [0.2, 0.25) is 5.02 Å². The number of rotatable bonds is 7. The molecule has 112 valence electrons. The van der Waals surface area contributed by atoms with Gasteiger partial charge in [0.25, 0.3) is 0 Å². The van der Waals surface area contributed by atoms with Crippen LogP contribution >= 0.6 is 23.4 Å². The Hall–Kier alpha value is -1.46. The number of nitrogens with one attached hydrogen (secondary N) is 2. The second kappa shape index (κ2) is 8.10. The smallest absolute Gasteiger partial charge is 0.226 e. The van der Waals surface area contributed by atoms with E-state index in [1.807, 2.05) is 30.3 Å². The van der Waals surface area contributed by atoms with Crippen molar-refractivity contribution in [1.82, 2.24) is 10.2 Å². The lowest BCUT2D eigenvalue weighted by Gasteiger charge is -2.02. The van der Waals surface area contributed by atoms with Gasteiger partial charge < -0.3 is 5.32 Å². The number of benzene rings is 1. The number of anilines is 1. The van der Waals surface area contributed by atoms with Crippen molar-refractivity contribution in [3.63, 3.8) is 0 Å². The van der Waals surface area contributed by atoms with Gasteiger partial charge in [-0.1, -0.05) is 24.9 Å². The highest BCUT2D eigenvalue weighted by atomic mass is 35.5. The molecule has 0 radical (unpaired) electrons. The maximum Gasteiger partial charge on any atom is 0.226 e. The van der Waals surface area contributed by atoms with Crippen LogP contribution in [0.5, 0.6) is 0 Å². The van der Waals surface area contributed by atoms with Crippen molar-refractivity contribution in [2.45, 2.75) is 31.1 Å². The summed E-state index contributed by atoms with van der Waals surface area (Å²) in [6, 6.07) is 9.49. The molecule has 1 amide bonds. The van der Waals surface area contributed by atoms with Crippen LogP contribution in [0.4, 0.5) is 5.82 Å². The first-order valence-electron chi connectivity index (χ1n) is 6.90. The Morgan fingerprint density at radius 1 is 1.38 bits per heavy atom. The standard InChI is InChI=1S/C15H18ClN3OS/c1-2-3-12-10-14(19-18-12)17-15(20)8-9-21-13-6-4-11(16)5-7-13/h4-7,10H,2-3,8-9H2,1H3,(H2,17,18,19,20). The van der Waals surface area contributed by atoms with Crippen LogP contribution in [-0.2, 0) is 11.2 Å². The van der Waals surface area contributed by atoms with Crippen LogP contribution in [-0.4, -0.2) is 21.9 Å². The molecule has 0 aliphatic carbocycles. The summed E-state index contributed by atoms with van der Waals surface area (Å²) in [4.78, 5) is 12.9. The van der Waals surface area contributed by atoms with E-state index in [4.69, 9.17) is 11.6 Å². The molecule has 1 aromatic carbocycles. The first kappa shape index (κ1) is 15.9. The maximum absolute atomic E-state index is 11.8. The van der Waals surface area contributed by atoms with Crippen LogP contribution in [0.25, 0.3) is 0 Å². The third-order valence-electron chi connectivity index (χ3n) is 2.83. The van der Waals surface area contributed by atoms with Gasteiger partial charge in [-0.05, 0) is 30.7 Å². The molecular weight excluding hydrogens is 306 g/mol. The number of nitrogens with zero attached hydrogens (tertiary/aromatic N) is 1. The normalized spacial score (nSPS) is 10.6. The fourth-order valence-corrected chi connectivity index (χ4v) is 2.80. The minimum Gasteiger partial charge on any atom is -0.309 e. The average Bonchev–Trinajstić information content (AvgIpc) is 2.89. The van der Waals surface area contributed by atoms with Gasteiger partial charge in [-0.15, -0.1) is 11.8 Å². The Morgan fingerprint density at radius 2 is 2.14 bits per heavy atom. The van der Waals surface area contributed by atoms with Crippen molar-refractivity contribution in [2.75, 3.05) is 11.1 Å². The summed E-state index contributed by atoms with van der Waals surface area (Å²) < 4.78 is 0. The summed E-state index contributed by atoms with van der Waals surface area (Å²) >= 11 is 7.46. The number of thioether (sulfide) groups is 1. The molecule has 2 N–H and O–H groups in total. The summed E-state index contributed by atoms with van der Waals surface area (Å²) in [6.07, 6.45) is 2.44. The largest absolute Gasteiger partial charge is 0.309 e. The van der Waals surface area contributed by atoms with Crippen LogP contribution in [0.1, 0.15) is 25.5 Å². The highest BCUT2D eigenvalue weighted by molar-refractivity contribution is 7.99. The van der Waals surface area contributed by atoms with E-state index in [0.29, 0.717) is 12.2 Å². The third kappa shape index (κ3) is 5.44. The average molecular weight is 324 g/mol. The van der Waals surface area contributed by atoms with Crippen molar-refractivity contribution in [2.24, 2.45) is 0 Å². The number of aromatic nitrogens is 2. The van der Waals surface area contributed by atoms with Gasteiger partial charge in [0.2, 0.25) is 5.91 Å². The van der Waals surface area contributed by atoms with Crippen LogP contribution in [0, 0.1) is 0 Å². The molecule has 1 heterocycles. The number of aromatic amines is 1. The summed E-state index contributed by atoms with van der Waals surface area (Å²) in [5.74, 6) is 1.30. The van der Waals surface area contributed by atoms with Crippen LogP contribution in [0.3, 0.4) is 0 Å². The first-order chi connectivity index (χ1) is 10.2. The number of H-pyrrole nitrogens is 1. The van der Waals surface area contributed by atoms with Gasteiger partial charge in [0.15, 0.2) is 5.82 Å². The maximum atomic E-state index is 11.8. The van der Waals surface area contributed by atoms with Gasteiger partial charge in [-0.25, -0.2) is 0 Å². The van der Waals surface area contributed by atoms with Crippen molar-refractivity contribution >= 4 is 35.1 Å². The lowest BCUT2D eigenvalue weighted by molar-refractivity contribution is -0.115. The van der Waals surface area contributed by atoms with Crippen molar-refractivity contribution in [1.29, 1.82) is 0 Å². The molecule has 0 unspecified atom stereocenters. The van der Waals surface area contributed by atoms with Gasteiger partial charge in [-0.3, -0.25) is 9.89 Å². The predicted octanol–water partition coefficient (Wildman–Crippen LogP) is 4.14. The van der Waals surface area contributed by atoms with Crippen LogP contribution in [0.15, 0.2) is 35.2 Å². The Kier molecular flexibility index (Phi) is 6.14. The monoisotopic (exact) mass is 323 g/mol. The SMILES string of the molecule is CCCc1cc(NC(=O)CCSc2ccc(Cl)cc2)n[nH]1. The summed E-state index contributed by atoms with van der Waals surface area (Å²) in [7, 11) is 0. The van der Waals surface area contributed by atoms with Gasteiger partial charge >= 0.3 is 0 Å². The zero-order chi connectivity index (χ0) is 15.1. The lowest BCUT2D eigenvalue weighted by atomic mass is 10.2. The fraction of sp³-hybridized carbons (Fsp3) is 0.333. The highest BCUT2D eigenvalue weighted by Gasteiger charge is 2.06.